The maximum absolute atomic E-state index is 5.30. The normalized spacial score (nSPS) is 10.9. The smallest absolute Gasteiger partial charge is 0.126 e. The molecular formula is C13H17IO2. The van der Waals surface area contributed by atoms with Gasteiger partial charge in [-0.25, -0.2) is 0 Å². The topological polar surface area (TPSA) is 18.5 Å². The fraction of sp³-hybridized carbons (Fsp3) is 0.385. The van der Waals surface area contributed by atoms with Crippen LogP contribution < -0.4 is 4.74 Å². The second-order valence-corrected chi connectivity index (χ2v) is 4.67. The molecular weight excluding hydrogens is 315 g/mol. The number of unbranched alkanes of at least 4 members (excludes halogenated alkanes) is 1. The van der Waals surface area contributed by atoms with Gasteiger partial charge < -0.3 is 9.47 Å². The predicted octanol–water partition coefficient (Wildman–Crippen LogP) is 3.74. The summed E-state index contributed by atoms with van der Waals surface area (Å²) in [6.45, 7) is 0.813. The van der Waals surface area contributed by atoms with Crippen LogP contribution in [-0.2, 0) is 4.74 Å². The van der Waals surface area contributed by atoms with Gasteiger partial charge in [-0.1, -0.05) is 12.2 Å². The maximum Gasteiger partial charge on any atom is 0.126 e. The van der Waals surface area contributed by atoms with Crippen LogP contribution in [0.5, 0.6) is 5.75 Å². The molecule has 2 nitrogen and oxygen atoms in total. The highest BCUT2D eigenvalue weighted by Crippen LogP contribution is 2.22. The van der Waals surface area contributed by atoms with Gasteiger partial charge in [0.1, 0.15) is 5.75 Å². The molecule has 0 saturated heterocycles. The second-order valence-electron chi connectivity index (χ2n) is 3.42. The van der Waals surface area contributed by atoms with Crippen molar-refractivity contribution in [2.75, 3.05) is 20.8 Å². The fourth-order valence-corrected chi connectivity index (χ4v) is 1.91. The molecule has 0 spiro atoms. The summed E-state index contributed by atoms with van der Waals surface area (Å²) in [5.41, 5.74) is 1.13. The van der Waals surface area contributed by atoms with Crippen LogP contribution in [0.1, 0.15) is 18.4 Å². The molecule has 88 valence electrons. The van der Waals surface area contributed by atoms with E-state index in [1.807, 2.05) is 12.1 Å². The number of halogens is 1. The zero-order chi connectivity index (χ0) is 11.8. The van der Waals surface area contributed by atoms with Gasteiger partial charge in [0, 0.05) is 22.9 Å². The van der Waals surface area contributed by atoms with E-state index in [0.717, 1.165) is 30.8 Å². The lowest BCUT2D eigenvalue weighted by Crippen LogP contribution is -1.88. The van der Waals surface area contributed by atoms with Crippen molar-refractivity contribution in [2.24, 2.45) is 0 Å². The monoisotopic (exact) mass is 332 g/mol. The van der Waals surface area contributed by atoms with E-state index in [1.165, 1.54) is 3.57 Å². The Bertz CT molecular complexity index is 348. The van der Waals surface area contributed by atoms with Crippen molar-refractivity contribution in [2.45, 2.75) is 12.8 Å². The van der Waals surface area contributed by atoms with Gasteiger partial charge in [-0.3, -0.25) is 0 Å². The Morgan fingerprint density at radius 1 is 1.31 bits per heavy atom. The highest BCUT2D eigenvalue weighted by molar-refractivity contribution is 14.1. The van der Waals surface area contributed by atoms with Crippen molar-refractivity contribution in [3.05, 3.63) is 33.4 Å². The highest BCUT2D eigenvalue weighted by Gasteiger charge is 1.99. The van der Waals surface area contributed by atoms with Gasteiger partial charge in [0.2, 0.25) is 0 Å². The Labute approximate surface area is 111 Å². The van der Waals surface area contributed by atoms with Crippen LogP contribution in [0, 0.1) is 3.57 Å². The summed E-state index contributed by atoms with van der Waals surface area (Å²) in [6.07, 6.45) is 6.35. The lowest BCUT2D eigenvalue weighted by Gasteiger charge is -2.04. The maximum atomic E-state index is 5.30. The zero-order valence-electron chi connectivity index (χ0n) is 9.70. The van der Waals surface area contributed by atoms with Crippen molar-refractivity contribution in [3.63, 3.8) is 0 Å². The molecule has 1 rings (SSSR count). The zero-order valence-corrected chi connectivity index (χ0v) is 11.9. The first kappa shape index (κ1) is 13.5. The molecule has 0 radical (unpaired) electrons. The number of hydrogen-bond donors (Lipinski definition) is 0. The van der Waals surface area contributed by atoms with Crippen LogP contribution >= 0.6 is 22.6 Å². The molecule has 0 amide bonds. The third kappa shape index (κ3) is 4.53. The van der Waals surface area contributed by atoms with Gasteiger partial charge in [0.05, 0.1) is 7.11 Å². The van der Waals surface area contributed by atoms with E-state index in [9.17, 15) is 0 Å². The van der Waals surface area contributed by atoms with Crippen molar-refractivity contribution in [1.82, 2.24) is 0 Å². The van der Waals surface area contributed by atoms with Crippen LogP contribution in [0.2, 0.25) is 0 Å². The summed E-state index contributed by atoms with van der Waals surface area (Å²) in [6, 6.07) is 6.16. The number of rotatable bonds is 6. The molecule has 0 N–H and O–H groups in total. The molecule has 0 atom stereocenters. The van der Waals surface area contributed by atoms with Crippen LogP contribution in [0.15, 0.2) is 24.3 Å². The minimum atomic E-state index is 0.813. The molecule has 0 fully saturated rings. The van der Waals surface area contributed by atoms with E-state index in [2.05, 4.69) is 40.8 Å². The van der Waals surface area contributed by atoms with Crippen molar-refractivity contribution in [3.8, 4) is 5.75 Å². The van der Waals surface area contributed by atoms with Crippen LogP contribution in [0.25, 0.3) is 6.08 Å². The van der Waals surface area contributed by atoms with Gasteiger partial charge in [-0.15, -0.1) is 0 Å². The minimum absolute atomic E-state index is 0.813. The quantitative estimate of drug-likeness (QED) is 0.584. The largest absolute Gasteiger partial charge is 0.496 e. The van der Waals surface area contributed by atoms with E-state index in [-0.39, 0.29) is 0 Å². The molecule has 0 heterocycles. The molecule has 0 aromatic heterocycles. The lowest BCUT2D eigenvalue weighted by atomic mass is 10.1. The standard InChI is InChI=1S/C13H17IO2/c1-15-9-5-3-4-6-11-10-12(14)7-8-13(11)16-2/h4,6-8,10H,3,5,9H2,1-2H3/b6-4+. The summed E-state index contributed by atoms with van der Waals surface area (Å²) in [5, 5.41) is 0. The summed E-state index contributed by atoms with van der Waals surface area (Å²) in [4.78, 5) is 0. The van der Waals surface area contributed by atoms with Gasteiger partial charge in [-0.05, 0) is 53.6 Å². The fourth-order valence-electron chi connectivity index (χ4n) is 1.39. The Kier molecular flexibility index (Phi) is 6.49. The predicted molar refractivity (Wildman–Crippen MR) is 75.9 cm³/mol. The molecule has 0 unspecified atom stereocenters. The molecule has 0 saturated carbocycles. The van der Waals surface area contributed by atoms with Gasteiger partial charge in [0.25, 0.3) is 0 Å². The van der Waals surface area contributed by atoms with E-state index < -0.39 is 0 Å². The Morgan fingerprint density at radius 3 is 2.81 bits per heavy atom. The number of ether oxygens (including phenoxy) is 2. The number of allylic oxidation sites excluding steroid dienone is 1. The van der Waals surface area contributed by atoms with Crippen molar-refractivity contribution < 1.29 is 9.47 Å². The van der Waals surface area contributed by atoms with Crippen molar-refractivity contribution >= 4 is 28.7 Å². The minimum Gasteiger partial charge on any atom is -0.496 e. The average molecular weight is 332 g/mol. The highest BCUT2D eigenvalue weighted by atomic mass is 127. The SMILES string of the molecule is COCCC/C=C/c1cc(I)ccc1OC. The second kappa shape index (κ2) is 7.68. The first-order valence-electron chi connectivity index (χ1n) is 5.27. The third-order valence-electron chi connectivity index (χ3n) is 2.21. The number of methoxy groups -OCH3 is 2. The van der Waals surface area contributed by atoms with E-state index in [4.69, 9.17) is 9.47 Å². The van der Waals surface area contributed by atoms with Gasteiger partial charge >= 0.3 is 0 Å². The van der Waals surface area contributed by atoms with Gasteiger partial charge in [-0.2, -0.15) is 0 Å². The molecule has 0 aliphatic heterocycles. The van der Waals surface area contributed by atoms with Crippen molar-refractivity contribution in [1.29, 1.82) is 0 Å². The number of hydrogen-bond acceptors (Lipinski definition) is 2. The first-order valence-corrected chi connectivity index (χ1v) is 6.35. The molecule has 0 bridgehead atoms. The lowest BCUT2D eigenvalue weighted by molar-refractivity contribution is 0.196. The molecule has 1 aromatic rings. The summed E-state index contributed by atoms with van der Waals surface area (Å²) >= 11 is 2.30. The first-order chi connectivity index (χ1) is 7.77. The van der Waals surface area contributed by atoms with E-state index >= 15 is 0 Å². The molecule has 16 heavy (non-hydrogen) atoms. The van der Waals surface area contributed by atoms with E-state index in [1.54, 1.807) is 14.2 Å². The van der Waals surface area contributed by atoms with Crippen LogP contribution in [0.4, 0.5) is 0 Å². The molecule has 3 heteroatoms. The number of benzene rings is 1. The van der Waals surface area contributed by atoms with E-state index in [0.29, 0.717) is 0 Å². The van der Waals surface area contributed by atoms with Crippen LogP contribution in [-0.4, -0.2) is 20.8 Å². The summed E-state index contributed by atoms with van der Waals surface area (Å²) < 4.78 is 11.5. The molecule has 1 aromatic carbocycles. The third-order valence-corrected chi connectivity index (χ3v) is 2.88. The molecule has 0 aliphatic carbocycles. The summed E-state index contributed by atoms with van der Waals surface area (Å²) in [7, 11) is 3.43. The molecule has 0 aliphatic rings. The van der Waals surface area contributed by atoms with Gasteiger partial charge in [0.15, 0.2) is 0 Å². The average Bonchev–Trinajstić information content (AvgIpc) is 2.29. The van der Waals surface area contributed by atoms with Crippen LogP contribution in [0.3, 0.4) is 0 Å². The Hall–Kier alpha value is -0.550. The summed E-state index contributed by atoms with van der Waals surface area (Å²) in [5.74, 6) is 0.920. The Morgan fingerprint density at radius 2 is 2.12 bits per heavy atom. The Balaban J connectivity index is 2.60.